The fourth-order valence-corrected chi connectivity index (χ4v) is 1.72. The van der Waals surface area contributed by atoms with Crippen molar-refractivity contribution < 1.29 is 13.9 Å². The van der Waals surface area contributed by atoms with Crippen LogP contribution < -0.4 is 4.74 Å². The zero-order valence-electron chi connectivity index (χ0n) is 10.7. The van der Waals surface area contributed by atoms with E-state index in [4.69, 9.17) is 4.74 Å². The Morgan fingerprint density at radius 3 is 2.53 bits per heavy atom. The third-order valence-electron chi connectivity index (χ3n) is 2.85. The van der Waals surface area contributed by atoms with E-state index in [0.29, 0.717) is 11.3 Å². The molecule has 0 N–H and O–H groups in total. The highest BCUT2D eigenvalue weighted by molar-refractivity contribution is 5.97. The first kappa shape index (κ1) is 13.3. The number of benzene rings is 2. The van der Waals surface area contributed by atoms with E-state index < -0.39 is 0 Å². The van der Waals surface area contributed by atoms with Gasteiger partial charge in [0.15, 0.2) is 12.4 Å². The summed E-state index contributed by atoms with van der Waals surface area (Å²) in [7, 11) is 0. The smallest absolute Gasteiger partial charge is 0.200 e. The second-order valence-corrected chi connectivity index (χ2v) is 4.22. The number of carbonyl (C=O) groups excluding carboxylic acids is 1. The summed E-state index contributed by atoms with van der Waals surface area (Å²) < 4.78 is 18.2. The predicted molar refractivity (Wildman–Crippen MR) is 72.0 cm³/mol. The largest absolute Gasteiger partial charge is 0.485 e. The van der Waals surface area contributed by atoms with Gasteiger partial charge in [0.25, 0.3) is 0 Å². The normalized spacial score (nSPS) is 10.2. The Balaban J connectivity index is 1.97. The highest BCUT2D eigenvalue weighted by Crippen LogP contribution is 2.13. The average Bonchev–Trinajstić information content (AvgIpc) is 2.45. The average molecular weight is 258 g/mol. The van der Waals surface area contributed by atoms with Crippen LogP contribution >= 0.6 is 0 Å². The van der Waals surface area contributed by atoms with Crippen molar-refractivity contribution in [2.24, 2.45) is 0 Å². The number of aryl methyl sites for hydroxylation is 1. The Kier molecular flexibility index (Phi) is 4.29. The quantitative estimate of drug-likeness (QED) is 0.765. The molecule has 0 radical (unpaired) electrons. The predicted octanol–water partition coefficient (Wildman–Crippen LogP) is 3.65. The lowest BCUT2D eigenvalue weighted by Crippen LogP contribution is -2.11. The van der Waals surface area contributed by atoms with Gasteiger partial charge in [-0.2, -0.15) is 0 Å². The summed E-state index contributed by atoms with van der Waals surface area (Å²) in [5.41, 5.74) is 1.79. The Bertz CT molecular complexity index is 561. The minimum absolute atomic E-state index is 0.0884. The van der Waals surface area contributed by atoms with Crippen molar-refractivity contribution in [3.05, 3.63) is 65.5 Å². The SMILES string of the molecule is CCc1ccc(C(=O)COc2cccc(F)c2)cc1. The Morgan fingerprint density at radius 2 is 1.89 bits per heavy atom. The highest BCUT2D eigenvalue weighted by Gasteiger charge is 2.07. The molecule has 0 heterocycles. The summed E-state index contributed by atoms with van der Waals surface area (Å²) >= 11 is 0. The summed E-state index contributed by atoms with van der Waals surface area (Å²) in [4.78, 5) is 11.9. The minimum atomic E-state index is -0.378. The number of rotatable bonds is 5. The van der Waals surface area contributed by atoms with Gasteiger partial charge in [-0.05, 0) is 24.1 Å². The van der Waals surface area contributed by atoms with Crippen molar-refractivity contribution in [1.29, 1.82) is 0 Å². The van der Waals surface area contributed by atoms with E-state index in [2.05, 4.69) is 6.92 Å². The molecule has 0 aliphatic carbocycles. The molecule has 0 aliphatic heterocycles. The maximum Gasteiger partial charge on any atom is 0.200 e. The van der Waals surface area contributed by atoms with E-state index in [1.165, 1.54) is 17.7 Å². The van der Waals surface area contributed by atoms with E-state index in [1.54, 1.807) is 24.3 Å². The van der Waals surface area contributed by atoms with E-state index >= 15 is 0 Å². The van der Waals surface area contributed by atoms with Crippen LogP contribution in [0.15, 0.2) is 48.5 Å². The summed E-state index contributed by atoms with van der Waals surface area (Å²) in [6.45, 7) is 1.97. The molecule has 0 aliphatic rings. The lowest BCUT2D eigenvalue weighted by molar-refractivity contribution is 0.0921. The van der Waals surface area contributed by atoms with Crippen molar-refractivity contribution in [3.63, 3.8) is 0 Å². The monoisotopic (exact) mass is 258 g/mol. The van der Waals surface area contributed by atoms with Crippen LogP contribution in [0.3, 0.4) is 0 Å². The van der Waals surface area contributed by atoms with Gasteiger partial charge in [0, 0.05) is 11.6 Å². The van der Waals surface area contributed by atoms with Crippen LogP contribution in [0.1, 0.15) is 22.8 Å². The number of hydrogen-bond donors (Lipinski definition) is 0. The third-order valence-corrected chi connectivity index (χ3v) is 2.85. The first-order valence-corrected chi connectivity index (χ1v) is 6.19. The van der Waals surface area contributed by atoms with Crippen LogP contribution in [-0.2, 0) is 6.42 Å². The van der Waals surface area contributed by atoms with E-state index in [-0.39, 0.29) is 18.2 Å². The summed E-state index contributed by atoms with van der Waals surface area (Å²) in [6, 6.07) is 13.2. The van der Waals surface area contributed by atoms with Crippen LogP contribution in [0.5, 0.6) is 5.75 Å². The molecule has 2 rings (SSSR count). The lowest BCUT2D eigenvalue weighted by atomic mass is 10.1. The Labute approximate surface area is 111 Å². The molecule has 98 valence electrons. The third kappa shape index (κ3) is 3.65. The maximum atomic E-state index is 12.9. The van der Waals surface area contributed by atoms with Gasteiger partial charge in [-0.15, -0.1) is 0 Å². The summed E-state index contributed by atoms with van der Waals surface area (Å²) in [5.74, 6) is -0.136. The van der Waals surface area contributed by atoms with Crippen LogP contribution in [0.2, 0.25) is 0 Å². The van der Waals surface area contributed by atoms with Crippen LogP contribution in [0.4, 0.5) is 4.39 Å². The molecule has 2 aromatic rings. The van der Waals surface area contributed by atoms with Crippen molar-refractivity contribution in [3.8, 4) is 5.75 Å². The maximum absolute atomic E-state index is 12.9. The van der Waals surface area contributed by atoms with Gasteiger partial charge < -0.3 is 4.74 Å². The van der Waals surface area contributed by atoms with Crippen LogP contribution in [0.25, 0.3) is 0 Å². The standard InChI is InChI=1S/C16H15FO2/c1-2-12-6-8-13(9-7-12)16(18)11-19-15-5-3-4-14(17)10-15/h3-10H,2,11H2,1H3. The second-order valence-electron chi connectivity index (χ2n) is 4.22. The molecule has 0 atom stereocenters. The number of hydrogen-bond acceptors (Lipinski definition) is 2. The molecule has 0 saturated carbocycles. The van der Waals surface area contributed by atoms with Gasteiger partial charge in [-0.1, -0.05) is 37.3 Å². The zero-order valence-corrected chi connectivity index (χ0v) is 10.7. The first-order valence-electron chi connectivity index (χ1n) is 6.19. The van der Waals surface area contributed by atoms with Gasteiger partial charge in [0.2, 0.25) is 0 Å². The summed E-state index contributed by atoms with van der Waals surface area (Å²) in [6.07, 6.45) is 0.939. The van der Waals surface area contributed by atoms with Crippen LogP contribution in [-0.4, -0.2) is 12.4 Å². The Hall–Kier alpha value is -2.16. The van der Waals surface area contributed by atoms with Gasteiger partial charge in [0.05, 0.1) is 0 Å². The van der Waals surface area contributed by atoms with Gasteiger partial charge in [0.1, 0.15) is 11.6 Å². The van der Waals surface area contributed by atoms with Crippen molar-refractivity contribution in [2.75, 3.05) is 6.61 Å². The molecule has 0 saturated heterocycles. The molecule has 2 aromatic carbocycles. The molecule has 0 fully saturated rings. The van der Waals surface area contributed by atoms with Gasteiger partial charge >= 0.3 is 0 Å². The fourth-order valence-electron chi connectivity index (χ4n) is 1.72. The number of halogens is 1. The molecule has 19 heavy (non-hydrogen) atoms. The molecule has 3 heteroatoms. The van der Waals surface area contributed by atoms with Crippen molar-refractivity contribution >= 4 is 5.78 Å². The van der Waals surface area contributed by atoms with Gasteiger partial charge in [-0.25, -0.2) is 4.39 Å². The number of Topliss-reactive ketones (excluding diaryl/α,β-unsaturated/α-hetero) is 1. The van der Waals surface area contributed by atoms with Crippen molar-refractivity contribution in [1.82, 2.24) is 0 Å². The van der Waals surface area contributed by atoms with E-state index in [0.717, 1.165) is 6.42 Å². The summed E-state index contributed by atoms with van der Waals surface area (Å²) in [5, 5.41) is 0. The molecule has 0 spiro atoms. The van der Waals surface area contributed by atoms with E-state index in [1.807, 2.05) is 12.1 Å². The second kappa shape index (κ2) is 6.14. The Morgan fingerprint density at radius 1 is 1.16 bits per heavy atom. The lowest BCUT2D eigenvalue weighted by Gasteiger charge is -2.06. The molecule has 0 aromatic heterocycles. The zero-order chi connectivity index (χ0) is 13.7. The molecular weight excluding hydrogens is 243 g/mol. The first-order chi connectivity index (χ1) is 9.19. The molecule has 0 bridgehead atoms. The molecular formula is C16H15FO2. The topological polar surface area (TPSA) is 26.3 Å². The highest BCUT2D eigenvalue weighted by atomic mass is 19.1. The van der Waals surface area contributed by atoms with Gasteiger partial charge in [-0.3, -0.25) is 4.79 Å². The minimum Gasteiger partial charge on any atom is -0.485 e. The molecule has 0 amide bonds. The number of ether oxygens (including phenoxy) is 1. The van der Waals surface area contributed by atoms with Crippen LogP contribution in [0, 0.1) is 5.82 Å². The van der Waals surface area contributed by atoms with E-state index in [9.17, 15) is 9.18 Å². The fraction of sp³-hybridized carbons (Fsp3) is 0.188. The molecule has 0 unspecified atom stereocenters. The molecule has 2 nitrogen and oxygen atoms in total. The van der Waals surface area contributed by atoms with Crippen molar-refractivity contribution in [2.45, 2.75) is 13.3 Å². The number of ketones is 1. The number of carbonyl (C=O) groups is 1.